The van der Waals surface area contributed by atoms with Crippen LogP contribution >= 0.6 is 0 Å². The first-order chi connectivity index (χ1) is 26.1. The number of Topliss-reactive ketones (excluding diaryl/α,β-unsaturated/α-hetero) is 2. The van der Waals surface area contributed by atoms with Gasteiger partial charge in [0, 0.05) is 10.8 Å². The Morgan fingerprint density at radius 1 is 0.429 bits per heavy atom. The number of aliphatic hydroxyl groups excluding tert-OH is 4. The van der Waals surface area contributed by atoms with Gasteiger partial charge in [-0.05, 0) is 77.7 Å². The molecule has 2 aliphatic carbocycles. The second-order valence-electron chi connectivity index (χ2n) is 16.0. The third-order valence-corrected chi connectivity index (χ3v) is 10.3. The highest BCUT2D eigenvalue weighted by Crippen LogP contribution is 2.41. The molecular formula is C50H64O6. The number of allylic oxidation sites excluding steroid dienone is 26. The van der Waals surface area contributed by atoms with E-state index in [1.54, 1.807) is 13.8 Å². The molecule has 6 nitrogen and oxygen atoms in total. The summed E-state index contributed by atoms with van der Waals surface area (Å²) in [6.07, 6.45) is 34.8. The first-order valence-electron chi connectivity index (χ1n) is 19.1. The van der Waals surface area contributed by atoms with Crippen LogP contribution in [0, 0.1) is 10.8 Å². The van der Waals surface area contributed by atoms with Crippen molar-refractivity contribution in [3.63, 3.8) is 0 Å². The maximum atomic E-state index is 12.3. The van der Waals surface area contributed by atoms with Gasteiger partial charge < -0.3 is 20.4 Å². The maximum Gasteiger partial charge on any atom is 0.189 e. The number of hydrogen-bond acceptors (Lipinski definition) is 6. The van der Waals surface area contributed by atoms with Gasteiger partial charge in [-0.2, -0.15) is 0 Å². The molecule has 2 aliphatic rings. The number of carbonyl (C=O) groups excluding carboxylic acids is 2. The van der Waals surface area contributed by atoms with Crippen molar-refractivity contribution in [3.05, 3.63) is 177 Å². The zero-order chi connectivity index (χ0) is 42.4. The number of hydrogen-bond donors (Lipinski definition) is 4. The second kappa shape index (κ2) is 21.5. The molecule has 0 saturated heterocycles. The van der Waals surface area contributed by atoms with Crippen molar-refractivity contribution in [3.8, 4) is 0 Å². The summed E-state index contributed by atoms with van der Waals surface area (Å²) in [6.45, 7) is 22.8. The van der Waals surface area contributed by atoms with Crippen LogP contribution < -0.4 is 0 Å². The normalized spacial score (nSPS) is 25.5. The first kappa shape index (κ1) is 47.4. The monoisotopic (exact) mass is 760 g/mol. The average molecular weight is 761 g/mol. The van der Waals surface area contributed by atoms with E-state index in [9.17, 15) is 30.0 Å². The highest BCUT2D eigenvalue weighted by Gasteiger charge is 2.46. The lowest BCUT2D eigenvalue weighted by atomic mass is 9.69. The van der Waals surface area contributed by atoms with Crippen molar-refractivity contribution in [1.82, 2.24) is 0 Å². The Bertz CT molecular complexity index is 1800. The molecular weight excluding hydrogens is 697 g/mol. The lowest BCUT2D eigenvalue weighted by molar-refractivity contribution is -0.136. The van der Waals surface area contributed by atoms with E-state index in [0.717, 1.165) is 44.6 Å². The Hall–Kier alpha value is -4.72. The Morgan fingerprint density at radius 2 is 0.661 bits per heavy atom. The lowest BCUT2D eigenvalue weighted by Crippen LogP contribution is -2.49. The smallest absolute Gasteiger partial charge is 0.189 e. The fourth-order valence-electron chi connectivity index (χ4n) is 6.33. The fourth-order valence-corrected chi connectivity index (χ4v) is 6.33. The van der Waals surface area contributed by atoms with Crippen molar-refractivity contribution in [1.29, 1.82) is 0 Å². The van der Waals surface area contributed by atoms with E-state index in [4.69, 9.17) is 0 Å². The van der Waals surface area contributed by atoms with Gasteiger partial charge in [0.05, 0.1) is 12.2 Å². The lowest BCUT2D eigenvalue weighted by Gasteiger charge is -2.39. The van der Waals surface area contributed by atoms with Crippen molar-refractivity contribution in [2.45, 2.75) is 108 Å². The molecule has 0 aromatic heterocycles. The Kier molecular flexibility index (Phi) is 18.2. The Labute approximate surface area is 336 Å². The van der Waals surface area contributed by atoms with Gasteiger partial charge in [-0.3, -0.25) is 9.59 Å². The minimum Gasteiger partial charge on any atom is -0.389 e. The summed E-state index contributed by atoms with van der Waals surface area (Å²) in [5.41, 5.74) is 7.35. The van der Waals surface area contributed by atoms with Gasteiger partial charge in [0.15, 0.2) is 11.6 Å². The fraction of sp³-hybridized carbons (Fsp3) is 0.360. The summed E-state index contributed by atoms with van der Waals surface area (Å²) in [7, 11) is 0. The van der Waals surface area contributed by atoms with Gasteiger partial charge in [-0.1, -0.05) is 183 Å². The topological polar surface area (TPSA) is 115 Å². The van der Waals surface area contributed by atoms with Gasteiger partial charge in [0.2, 0.25) is 0 Å². The molecule has 0 radical (unpaired) electrons. The van der Waals surface area contributed by atoms with E-state index < -0.39 is 46.8 Å². The van der Waals surface area contributed by atoms with E-state index in [0.29, 0.717) is 11.1 Å². The minimum absolute atomic E-state index is 0.429. The summed E-state index contributed by atoms with van der Waals surface area (Å²) in [6, 6.07) is 0. The SMILES string of the molecule is CC1=C(/C=C/C(C)=C/C=C/C(C)=C/C=C/C(C)=C/C=C/C=C(C)/C=C/C=C(C)/C=C/C=C(C)/C=C/C2=C(C)C(=O)[C@@H](O)[C@H](O)C2(C)C)C(C)(C)[C@@H](O)[C@H](O)C1=O. The van der Waals surface area contributed by atoms with Crippen LogP contribution in [0.3, 0.4) is 0 Å². The largest absolute Gasteiger partial charge is 0.389 e. The summed E-state index contributed by atoms with van der Waals surface area (Å²) in [5, 5.41) is 41.0. The Morgan fingerprint density at radius 3 is 0.929 bits per heavy atom. The quantitative estimate of drug-likeness (QED) is 0.131. The van der Waals surface area contributed by atoms with Gasteiger partial charge >= 0.3 is 0 Å². The van der Waals surface area contributed by atoms with Crippen LogP contribution in [0.15, 0.2) is 177 Å². The van der Waals surface area contributed by atoms with Crippen molar-refractivity contribution >= 4 is 11.6 Å². The molecule has 0 amide bonds. The predicted molar refractivity (Wildman–Crippen MR) is 234 cm³/mol. The molecule has 0 unspecified atom stereocenters. The highest BCUT2D eigenvalue weighted by molar-refractivity contribution is 6.01. The maximum absolute atomic E-state index is 12.3. The van der Waals surface area contributed by atoms with E-state index in [-0.39, 0.29) is 0 Å². The molecule has 0 aromatic rings. The molecule has 0 bridgehead atoms. The molecule has 0 aliphatic heterocycles. The molecule has 6 heteroatoms. The molecule has 0 saturated carbocycles. The van der Waals surface area contributed by atoms with Crippen molar-refractivity contribution in [2.75, 3.05) is 0 Å². The third kappa shape index (κ3) is 13.5. The molecule has 2 rings (SSSR count). The van der Waals surface area contributed by atoms with Crippen LogP contribution in [-0.4, -0.2) is 56.4 Å². The summed E-state index contributed by atoms with van der Waals surface area (Å²) in [4.78, 5) is 24.7. The Balaban J connectivity index is 1.90. The van der Waals surface area contributed by atoms with Gasteiger partial charge in [-0.15, -0.1) is 0 Å². The molecule has 0 heterocycles. The van der Waals surface area contributed by atoms with E-state index in [1.165, 1.54) is 0 Å². The molecule has 0 spiro atoms. The van der Waals surface area contributed by atoms with Crippen LogP contribution in [0.4, 0.5) is 0 Å². The van der Waals surface area contributed by atoms with E-state index in [1.807, 2.05) is 153 Å². The van der Waals surface area contributed by atoms with Crippen LogP contribution in [0.5, 0.6) is 0 Å². The van der Waals surface area contributed by atoms with Gasteiger partial charge in [-0.25, -0.2) is 0 Å². The van der Waals surface area contributed by atoms with Crippen LogP contribution in [0.2, 0.25) is 0 Å². The van der Waals surface area contributed by atoms with E-state index >= 15 is 0 Å². The van der Waals surface area contributed by atoms with Crippen LogP contribution in [-0.2, 0) is 9.59 Å². The molecule has 4 N–H and O–H groups in total. The van der Waals surface area contributed by atoms with Crippen LogP contribution in [0.25, 0.3) is 0 Å². The molecule has 0 aromatic carbocycles. The molecule has 56 heavy (non-hydrogen) atoms. The third-order valence-electron chi connectivity index (χ3n) is 10.3. The number of rotatable bonds is 14. The average Bonchev–Trinajstić information content (AvgIpc) is 3.13. The van der Waals surface area contributed by atoms with E-state index in [2.05, 4.69) is 38.2 Å². The number of aliphatic hydroxyl groups is 4. The summed E-state index contributed by atoms with van der Waals surface area (Å²) < 4.78 is 0. The van der Waals surface area contributed by atoms with Crippen LogP contribution in [0.1, 0.15) is 83.1 Å². The molecule has 300 valence electrons. The predicted octanol–water partition coefficient (Wildman–Crippen LogP) is 9.85. The second-order valence-corrected chi connectivity index (χ2v) is 16.0. The summed E-state index contributed by atoms with van der Waals surface area (Å²) >= 11 is 0. The van der Waals surface area contributed by atoms with Gasteiger partial charge in [0.25, 0.3) is 0 Å². The standard InChI is InChI=1S/C50H64O6/c1-33(21-15-23-35(3)25-17-27-37(5)29-31-41-39(7)43(51)45(53)47(55)49(41,9)10)19-13-14-20-34(2)22-16-24-36(4)26-18-28-38(6)30-32-42-40(8)44(52)46(54)48(56)50(42,11)12/h13-32,45-48,53-56H,1-12H3/b14-13+,21-15+,22-16+,25-17+,26-18+,31-29+,32-30+,33-19+,34-20+,35-23+,36-24+,37-27+,38-28+/t45-,46-,47+,48+/m1/s1. The summed E-state index contributed by atoms with van der Waals surface area (Å²) in [5.74, 6) is -0.857. The van der Waals surface area contributed by atoms with Crippen molar-refractivity contribution < 1.29 is 30.0 Å². The van der Waals surface area contributed by atoms with Gasteiger partial charge in [0.1, 0.15) is 12.2 Å². The number of carbonyl (C=O) groups is 2. The first-order valence-corrected chi connectivity index (χ1v) is 19.1. The number of ketones is 2. The molecule has 4 atom stereocenters. The zero-order valence-corrected chi connectivity index (χ0v) is 35.5. The van der Waals surface area contributed by atoms with Crippen molar-refractivity contribution in [2.24, 2.45) is 10.8 Å². The minimum atomic E-state index is -1.39. The molecule has 0 fully saturated rings. The highest BCUT2D eigenvalue weighted by atomic mass is 16.3. The zero-order valence-electron chi connectivity index (χ0n) is 35.5.